The Morgan fingerprint density at radius 3 is 1.88 bits per heavy atom. The quantitative estimate of drug-likeness (QED) is 0.472. The highest BCUT2D eigenvalue weighted by Gasteiger charge is 2.29. The molecule has 0 aliphatic carbocycles. The Bertz CT molecular complexity index is 791. The molecule has 1 aliphatic heterocycles. The van der Waals surface area contributed by atoms with Crippen LogP contribution in [0.3, 0.4) is 0 Å². The number of nitrogens with zero attached hydrogens (tertiary/aromatic N) is 2. The fourth-order valence-electron chi connectivity index (χ4n) is 4.59. The molecule has 0 unspecified atom stereocenters. The summed E-state index contributed by atoms with van der Waals surface area (Å²) in [5.74, 6) is 1.89. The van der Waals surface area contributed by atoms with Crippen LogP contribution in [0, 0.1) is 13.8 Å². The van der Waals surface area contributed by atoms with Gasteiger partial charge in [0.25, 0.3) is 0 Å². The van der Waals surface area contributed by atoms with Crippen LogP contribution in [0.4, 0.5) is 11.4 Å². The topological polar surface area (TPSA) is 51.0 Å². The van der Waals surface area contributed by atoms with Gasteiger partial charge in [-0.2, -0.15) is 0 Å². The summed E-state index contributed by atoms with van der Waals surface area (Å²) in [5.41, 5.74) is 10.4. The molecule has 1 heterocycles. The number of ether oxygens (including phenoxy) is 2. The highest BCUT2D eigenvalue weighted by Crippen LogP contribution is 2.43. The minimum atomic E-state index is 0.393. The molecule has 5 nitrogen and oxygen atoms in total. The number of nitrogens with two attached hydrogens (primary N) is 1. The van der Waals surface area contributed by atoms with E-state index in [0.717, 1.165) is 68.3 Å². The van der Waals surface area contributed by atoms with Crippen LogP contribution < -0.4 is 20.1 Å². The van der Waals surface area contributed by atoms with Crippen LogP contribution in [-0.2, 0) is 0 Å². The van der Waals surface area contributed by atoms with Crippen LogP contribution in [0.1, 0.15) is 50.7 Å². The molecule has 1 aliphatic rings. The number of hydrogen-bond donors (Lipinski definition) is 1. The zero-order valence-electron chi connectivity index (χ0n) is 20.4. The van der Waals surface area contributed by atoms with Gasteiger partial charge >= 0.3 is 0 Å². The monoisotopic (exact) mass is 439 g/mol. The molecule has 0 amide bonds. The molecule has 0 bridgehead atoms. The molecule has 3 rings (SSSR count). The molecule has 32 heavy (non-hydrogen) atoms. The molecule has 0 atom stereocenters. The molecule has 176 valence electrons. The maximum atomic E-state index is 6.12. The maximum absolute atomic E-state index is 6.12. The molecule has 5 heteroatoms. The minimum absolute atomic E-state index is 0.393. The van der Waals surface area contributed by atoms with Crippen molar-refractivity contribution in [1.82, 2.24) is 4.90 Å². The molecule has 0 radical (unpaired) electrons. The highest BCUT2D eigenvalue weighted by atomic mass is 16.5. The second kappa shape index (κ2) is 12.1. The lowest BCUT2D eigenvalue weighted by Crippen LogP contribution is -2.43. The van der Waals surface area contributed by atoms with Gasteiger partial charge in [0.2, 0.25) is 0 Å². The van der Waals surface area contributed by atoms with Gasteiger partial charge in [-0.15, -0.1) is 0 Å². The highest BCUT2D eigenvalue weighted by molar-refractivity contribution is 5.75. The van der Waals surface area contributed by atoms with Gasteiger partial charge in [0.15, 0.2) is 0 Å². The molecule has 1 fully saturated rings. The van der Waals surface area contributed by atoms with Crippen molar-refractivity contribution >= 4 is 11.4 Å². The fourth-order valence-corrected chi connectivity index (χ4v) is 4.59. The predicted molar refractivity (Wildman–Crippen MR) is 135 cm³/mol. The van der Waals surface area contributed by atoms with Crippen LogP contribution in [0.15, 0.2) is 36.4 Å². The van der Waals surface area contributed by atoms with E-state index in [0.29, 0.717) is 19.3 Å². The zero-order valence-corrected chi connectivity index (χ0v) is 20.4. The van der Waals surface area contributed by atoms with E-state index < -0.39 is 0 Å². The number of piperidine rings is 1. The van der Waals surface area contributed by atoms with Crippen LogP contribution in [0.5, 0.6) is 11.5 Å². The van der Waals surface area contributed by atoms with Gasteiger partial charge < -0.3 is 25.0 Å². The fraction of sp³-hybridized carbons (Fsp3) is 0.556. The van der Waals surface area contributed by atoms with E-state index in [9.17, 15) is 0 Å². The number of anilines is 2. The third-order valence-electron chi connectivity index (χ3n) is 6.20. The van der Waals surface area contributed by atoms with E-state index in [1.54, 1.807) is 0 Å². The number of aryl methyl sites for hydroxylation is 2. The first-order valence-electron chi connectivity index (χ1n) is 12.3. The number of unbranched alkanes of at least 4 members (excludes halogenated alkanes) is 1. The average Bonchev–Trinajstić information content (AvgIpc) is 2.78. The first kappa shape index (κ1) is 24.4. The summed E-state index contributed by atoms with van der Waals surface area (Å²) < 4.78 is 12.2. The van der Waals surface area contributed by atoms with E-state index in [1.807, 2.05) is 13.8 Å². The van der Waals surface area contributed by atoms with Gasteiger partial charge in [0.05, 0.1) is 24.6 Å². The first-order chi connectivity index (χ1) is 15.6. The van der Waals surface area contributed by atoms with Crippen molar-refractivity contribution in [3.63, 3.8) is 0 Å². The molecule has 1 saturated heterocycles. The first-order valence-corrected chi connectivity index (χ1v) is 12.3. The van der Waals surface area contributed by atoms with Crippen molar-refractivity contribution in [2.45, 2.75) is 59.4 Å². The van der Waals surface area contributed by atoms with E-state index in [-0.39, 0.29) is 0 Å². The molecular formula is C27H41N3O2. The van der Waals surface area contributed by atoms with Crippen molar-refractivity contribution in [3.05, 3.63) is 47.5 Å². The number of benzene rings is 2. The van der Waals surface area contributed by atoms with Gasteiger partial charge in [-0.3, -0.25) is 0 Å². The standard InChI is InChI=1S/C27H41N3O2/c1-5-31-26-19-21(3)9-11-24(26)30(25-12-10-22(4)20-27(25)32-6-2)23-13-17-29(18-14-23)16-8-7-15-28/h9-12,19-20,23H,5-8,13-18,28H2,1-4H3. The molecule has 0 aromatic heterocycles. The Morgan fingerprint density at radius 1 is 0.875 bits per heavy atom. The van der Waals surface area contributed by atoms with Crippen LogP contribution >= 0.6 is 0 Å². The van der Waals surface area contributed by atoms with Crippen molar-refractivity contribution in [1.29, 1.82) is 0 Å². The lowest BCUT2D eigenvalue weighted by Gasteiger charge is -2.41. The van der Waals surface area contributed by atoms with Crippen molar-refractivity contribution in [2.24, 2.45) is 5.73 Å². The van der Waals surface area contributed by atoms with Crippen LogP contribution in [-0.4, -0.2) is 50.3 Å². The molecule has 2 N–H and O–H groups in total. The summed E-state index contributed by atoms with van der Waals surface area (Å²) in [7, 11) is 0. The van der Waals surface area contributed by atoms with Crippen LogP contribution in [0.25, 0.3) is 0 Å². The third-order valence-corrected chi connectivity index (χ3v) is 6.20. The Morgan fingerprint density at radius 2 is 1.41 bits per heavy atom. The number of rotatable bonds is 11. The van der Waals surface area contributed by atoms with Crippen LogP contribution in [0.2, 0.25) is 0 Å². The molecule has 0 saturated carbocycles. The van der Waals surface area contributed by atoms with E-state index in [1.165, 1.54) is 17.5 Å². The molecular weight excluding hydrogens is 398 g/mol. The van der Waals surface area contributed by atoms with Crippen molar-refractivity contribution in [3.8, 4) is 11.5 Å². The number of likely N-dealkylation sites (tertiary alicyclic amines) is 1. The van der Waals surface area contributed by atoms with Gasteiger partial charge in [-0.25, -0.2) is 0 Å². The van der Waals surface area contributed by atoms with Gasteiger partial charge in [0.1, 0.15) is 11.5 Å². The largest absolute Gasteiger partial charge is 0.492 e. The Hall–Kier alpha value is -2.24. The molecule has 0 spiro atoms. The van der Waals surface area contributed by atoms with E-state index >= 15 is 0 Å². The average molecular weight is 440 g/mol. The van der Waals surface area contributed by atoms with Crippen molar-refractivity contribution < 1.29 is 9.47 Å². The van der Waals surface area contributed by atoms with Gasteiger partial charge in [-0.05, 0) is 102 Å². The summed E-state index contributed by atoms with van der Waals surface area (Å²) in [4.78, 5) is 5.06. The maximum Gasteiger partial charge on any atom is 0.143 e. The lowest BCUT2D eigenvalue weighted by atomic mass is 9.99. The lowest BCUT2D eigenvalue weighted by molar-refractivity contribution is 0.209. The normalized spacial score (nSPS) is 15.0. The summed E-state index contributed by atoms with van der Waals surface area (Å²) in [6.45, 7) is 13.8. The van der Waals surface area contributed by atoms with Gasteiger partial charge in [-0.1, -0.05) is 12.1 Å². The number of hydrogen-bond acceptors (Lipinski definition) is 5. The Balaban J connectivity index is 1.96. The predicted octanol–water partition coefficient (Wildman–Crippen LogP) is 5.44. The molecule has 2 aromatic rings. The van der Waals surface area contributed by atoms with Crippen molar-refractivity contribution in [2.75, 3.05) is 44.3 Å². The van der Waals surface area contributed by atoms with E-state index in [2.05, 4.69) is 60.0 Å². The second-order valence-corrected chi connectivity index (χ2v) is 8.75. The third kappa shape index (κ3) is 6.17. The Kier molecular flexibility index (Phi) is 9.24. The molecule has 2 aromatic carbocycles. The Labute approximate surface area is 194 Å². The summed E-state index contributed by atoms with van der Waals surface area (Å²) in [6, 6.07) is 13.5. The van der Waals surface area contributed by atoms with E-state index in [4.69, 9.17) is 15.2 Å². The summed E-state index contributed by atoms with van der Waals surface area (Å²) >= 11 is 0. The SMILES string of the molecule is CCOc1cc(C)ccc1N(c1ccc(C)cc1OCC)C1CCN(CCCCN)CC1. The summed E-state index contributed by atoms with van der Waals surface area (Å²) in [6.07, 6.45) is 4.51. The second-order valence-electron chi connectivity index (χ2n) is 8.75. The summed E-state index contributed by atoms with van der Waals surface area (Å²) in [5, 5.41) is 0. The zero-order chi connectivity index (χ0) is 22.9. The smallest absolute Gasteiger partial charge is 0.143 e. The van der Waals surface area contributed by atoms with Gasteiger partial charge in [0, 0.05) is 19.1 Å². The minimum Gasteiger partial charge on any atom is -0.492 e.